The molecule has 50 heavy (non-hydrogen) atoms. The van der Waals surface area contributed by atoms with Gasteiger partial charge in [0.25, 0.3) is 5.91 Å². The number of carboxylic acid groups (broad SMARTS) is 4. The molecule has 0 spiro atoms. The van der Waals surface area contributed by atoms with Gasteiger partial charge in [-0.2, -0.15) is 0 Å². The summed E-state index contributed by atoms with van der Waals surface area (Å²) in [4.78, 5) is 79.5. The van der Waals surface area contributed by atoms with Gasteiger partial charge in [0.2, 0.25) is 5.91 Å². The van der Waals surface area contributed by atoms with Crippen LogP contribution in [0.15, 0.2) is 54.6 Å². The predicted molar refractivity (Wildman–Crippen MR) is 179 cm³/mol. The molecule has 2 rings (SSSR count). The van der Waals surface area contributed by atoms with Crippen molar-refractivity contribution >= 4 is 35.7 Å². The molecule has 0 bridgehead atoms. The van der Waals surface area contributed by atoms with Crippen LogP contribution in [0.3, 0.4) is 0 Å². The van der Waals surface area contributed by atoms with Crippen molar-refractivity contribution in [2.24, 2.45) is 5.73 Å². The number of amides is 2. The van der Waals surface area contributed by atoms with Crippen molar-refractivity contribution in [2.75, 3.05) is 58.9 Å². The van der Waals surface area contributed by atoms with Crippen molar-refractivity contribution in [2.45, 2.75) is 38.5 Å². The molecule has 0 saturated carbocycles. The van der Waals surface area contributed by atoms with Crippen LogP contribution in [0.4, 0.5) is 0 Å². The summed E-state index contributed by atoms with van der Waals surface area (Å²) in [7, 11) is 0. The van der Waals surface area contributed by atoms with E-state index in [0.717, 1.165) is 16.7 Å². The summed E-state index contributed by atoms with van der Waals surface area (Å²) in [6.07, 6.45) is 0.603. The van der Waals surface area contributed by atoms with Crippen LogP contribution in [0, 0.1) is 0 Å². The normalized spacial score (nSPS) is 12.4. The molecule has 0 aliphatic heterocycles. The number of nitrogens with zero attached hydrogens (tertiary/aromatic N) is 3. The number of carbonyl (C=O) groups is 6. The van der Waals surface area contributed by atoms with E-state index in [1.165, 1.54) is 9.80 Å². The third-order valence-electron chi connectivity index (χ3n) is 7.47. The quantitative estimate of drug-likeness (QED) is 0.0651. The van der Waals surface area contributed by atoms with E-state index in [1.54, 1.807) is 36.1 Å². The first-order valence-corrected chi connectivity index (χ1v) is 15.9. The van der Waals surface area contributed by atoms with Crippen LogP contribution < -0.4 is 16.5 Å². The number of rotatable bonds is 25. The predicted octanol–water partition coefficient (Wildman–Crippen LogP) is -0.384. The number of hydroxylamine groups is 1. The Balaban J connectivity index is 1.92. The summed E-state index contributed by atoms with van der Waals surface area (Å²) in [6.45, 7) is -0.501. The number of carbonyl (C=O) groups excluding carboxylic acids is 2. The number of nitrogens with one attached hydrogen (secondary N) is 2. The molecule has 0 fully saturated rings. The van der Waals surface area contributed by atoms with Gasteiger partial charge < -0.3 is 31.5 Å². The lowest BCUT2D eigenvalue weighted by molar-refractivity contribution is -0.143. The molecule has 17 nitrogen and oxygen atoms in total. The molecule has 2 atom stereocenters. The molecular formula is C33H46N6O11. The second-order valence-corrected chi connectivity index (χ2v) is 11.6. The van der Waals surface area contributed by atoms with Crippen molar-refractivity contribution < 1.29 is 54.0 Å². The van der Waals surface area contributed by atoms with Gasteiger partial charge in [-0.25, -0.2) is 5.48 Å². The van der Waals surface area contributed by atoms with Crippen molar-refractivity contribution in [3.8, 4) is 0 Å². The maximum Gasteiger partial charge on any atom is 0.317 e. The maximum atomic E-state index is 12.9. The molecule has 274 valence electrons. The van der Waals surface area contributed by atoms with E-state index in [0.29, 0.717) is 12.8 Å². The summed E-state index contributed by atoms with van der Waals surface area (Å²) >= 11 is 0. The van der Waals surface area contributed by atoms with E-state index in [4.69, 9.17) is 31.0 Å². The van der Waals surface area contributed by atoms with Crippen LogP contribution in [0.1, 0.15) is 36.1 Å². The third-order valence-corrected chi connectivity index (χ3v) is 7.47. The number of aryl methyl sites for hydroxylation is 1. The molecule has 2 amide bonds. The molecular weight excluding hydrogens is 656 g/mol. The van der Waals surface area contributed by atoms with Crippen molar-refractivity contribution in [3.63, 3.8) is 0 Å². The zero-order valence-corrected chi connectivity index (χ0v) is 27.9. The van der Waals surface area contributed by atoms with E-state index in [-0.39, 0.29) is 39.3 Å². The number of nitrogens with two attached hydrogens (primary N) is 1. The number of hydrogen-bond acceptors (Lipinski definition) is 11. The fourth-order valence-electron chi connectivity index (χ4n) is 4.78. The average Bonchev–Trinajstić information content (AvgIpc) is 3.05. The van der Waals surface area contributed by atoms with Gasteiger partial charge in [0, 0.05) is 32.7 Å². The Hall–Kier alpha value is -4.94. The minimum atomic E-state index is -1.24. The van der Waals surface area contributed by atoms with E-state index in [9.17, 15) is 28.8 Å². The summed E-state index contributed by atoms with van der Waals surface area (Å²) < 4.78 is 0. The summed E-state index contributed by atoms with van der Waals surface area (Å²) in [5.41, 5.74) is 11.0. The highest BCUT2D eigenvalue weighted by Crippen LogP contribution is 2.16. The number of hydrogen-bond donors (Lipinski definition) is 7. The Morgan fingerprint density at radius 3 is 1.64 bits per heavy atom. The molecule has 2 unspecified atom stereocenters. The molecule has 2 aromatic rings. The maximum absolute atomic E-state index is 12.9. The van der Waals surface area contributed by atoms with Gasteiger partial charge in [0.05, 0.1) is 38.8 Å². The first-order valence-electron chi connectivity index (χ1n) is 15.9. The molecule has 2 aromatic carbocycles. The number of aliphatic carboxylic acids is 4. The zero-order valence-electron chi connectivity index (χ0n) is 27.9. The Labute approximate surface area is 289 Å². The van der Waals surface area contributed by atoms with Gasteiger partial charge in [-0.3, -0.25) is 48.3 Å². The monoisotopic (exact) mass is 702 g/mol. The van der Waals surface area contributed by atoms with Gasteiger partial charge in [0.15, 0.2) is 0 Å². The van der Waals surface area contributed by atoms with Gasteiger partial charge in [0.1, 0.15) is 6.10 Å². The Bertz CT molecular complexity index is 1340. The average molecular weight is 703 g/mol. The van der Waals surface area contributed by atoms with Gasteiger partial charge in [-0.05, 0) is 36.5 Å². The smallest absolute Gasteiger partial charge is 0.317 e. The van der Waals surface area contributed by atoms with E-state index in [2.05, 4.69) is 10.8 Å². The van der Waals surface area contributed by atoms with Crippen LogP contribution in [0.5, 0.6) is 0 Å². The van der Waals surface area contributed by atoms with Crippen molar-refractivity contribution in [1.29, 1.82) is 0 Å². The first kappa shape index (κ1) is 41.2. The van der Waals surface area contributed by atoms with Crippen molar-refractivity contribution in [3.05, 3.63) is 71.3 Å². The summed E-state index contributed by atoms with van der Waals surface area (Å²) in [6, 6.07) is 16.0. The first-order chi connectivity index (χ1) is 23.7. The molecule has 17 heteroatoms. The van der Waals surface area contributed by atoms with E-state index in [1.807, 2.05) is 30.3 Å². The highest BCUT2D eigenvalue weighted by atomic mass is 16.7. The third kappa shape index (κ3) is 17.5. The summed E-state index contributed by atoms with van der Waals surface area (Å²) in [5, 5.41) is 39.3. The highest BCUT2D eigenvalue weighted by Gasteiger charge is 2.20. The molecule has 0 heterocycles. The summed E-state index contributed by atoms with van der Waals surface area (Å²) in [5.74, 6) is -5.81. The zero-order chi connectivity index (χ0) is 37.1. The van der Waals surface area contributed by atoms with Gasteiger partial charge >= 0.3 is 23.9 Å². The van der Waals surface area contributed by atoms with Crippen LogP contribution in [-0.2, 0) is 46.6 Å². The van der Waals surface area contributed by atoms with E-state index < -0.39 is 74.0 Å². The fourth-order valence-corrected chi connectivity index (χ4v) is 4.78. The SMILES string of the molecule is CC(ONC(=O)C(N)CCc1ccccc1)c1ccc(CNC(=O)CN(CCN(CC(=O)O)CC(=O)O)CCN(CC(=O)O)CC(=O)O)cc1. The topological polar surface area (TPSA) is 252 Å². The Kier molecular flexibility index (Phi) is 18.1. The second-order valence-electron chi connectivity index (χ2n) is 11.6. The van der Waals surface area contributed by atoms with Crippen LogP contribution in [0.25, 0.3) is 0 Å². The molecule has 0 aliphatic carbocycles. The number of carboxylic acids is 4. The molecule has 8 N–H and O–H groups in total. The largest absolute Gasteiger partial charge is 0.480 e. The van der Waals surface area contributed by atoms with Crippen LogP contribution >= 0.6 is 0 Å². The van der Waals surface area contributed by atoms with E-state index >= 15 is 0 Å². The lowest BCUT2D eigenvalue weighted by Gasteiger charge is -2.28. The standard InChI is InChI=1S/C33H46N6O11/c1-23(50-36-33(49)27(34)12-9-24-5-3-2-4-6-24)26-10-7-25(8-11-26)17-35-28(40)18-37(13-15-38(19-29(41)42)20-30(43)44)14-16-39(21-31(45)46)22-32(47)48/h2-8,10-11,23,27H,9,12-22,34H2,1H3,(H,35,40)(H,36,49)(H,41,42)(H,43,44)(H,45,46)(H,47,48). The van der Waals surface area contributed by atoms with Crippen molar-refractivity contribution in [1.82, 2.24) is 25.5 Å². The minimum absolute atomic E-state index is 0.0362. The van der Waals surface area contributed by atoms with Crippen LogP contribution in [0.2, 0.25) is 0 Å². The Morgan fingerprint density at radius 1 is 0.680 bits per heavy atom. The lowest BCUT2D eigenvalue weighted by Crippen LogP contribution is -2.47. The Morgan fingerprint density at radius 2 is 1.16 bits per heavy atom. The second kappa shape index (κ2) is 21.9. The molecule has 0 aliphatic rings. The molecule has 0 aromatic heterocycles. The molecule has 0 saturated heterocycles. The highest BCUT2D eigenvalue weighted by molar-refractivity contribution is 5.80. The van der Waals surface area contributed by atoms with Gasteiger partial charge in [-0.1, -0.05) is 54.6 Å². The fraction of sp³-hybridized carbons (Fsp3) is 0.455. The lowest BCUT2D eigenvalue weighted by atomic mass is 10.1. The molecule has 0 radical (unpaired) electrons. The number of benzene rings is 2. The minimum Gasteiger partial charge on any atom is -0.480 e. The van der Waals surface area contributed by atoms with Crippen LogP contribution in [-0.4, -0.2) is 136 Å². The van der Waals surface area contributed by atoms with Gasteiger partial charge in [-0.15, -0.1) is 0 Å².